The molecule has 1 aliphatic heterocycles. The number of nitrogens with zero attached hydrogens (tertiary/aromatic N) is 7. The molecule has 1 aromatic carbocycles. The number of hydrogen-bond donors (Lipinski definition) is 0. The van der Waals surface area contributed by atoms with E-state index in [0.29, 0.717) is 26.2 Å². The molecule has 1 saturated heterocycles. The third-order valence-electron chi connectivity index (χ3n) is 6.09. The van der Waals surface area contributed by atoms with Crippen LogP contribution in [0, 0.1) is 6.92 Å². The topological polar surface area (TPSA) is 83.5 Å². The van der Waals surface area contributed by atoms with Gasteiger partial charge in [0.15, 0.2) is 5.65 Å². The zero-order valence-corrected chi connectivity index (χ0v) is 18.9. The summed E-state index contributed by atoms with van der Waals surface area (Å²) in [5.41, 5.74) is 3.00. The van der Waals surface area contributed by atoms with Crippen molar-refractivity contribution in [2.75, 3.05) is 42.5 Å². The summed E-state index contributed by atoms with van der Waals surface area (Å²) in [6.07, 6.45) is 5.04. The Morgan fingerprint density at radius 2 is 1.88 bits per heavy atom. The molecule has 1 fully saturated rings. The molecule has 9 nitrogen and oxygen atoms in total. The maximum Gasteiger partial charge on any atom is 0.242 e. The zero-order valence-electron chi connectivity index (χ0n) is 18.9. The van der Waals surface area contributed by atoms with Gasteiger partial charge in [0, 0.05) is 38.9 Å². The molecule has 0 bridgehead atoms. The molecule has 5 rings (SSSR count). The fraction of sp³-hybridized carbons (Fsp3) is 0.333. The van der Waals surface area contributed by atoms with Crippen molar-refractivity contribution in [1.82, 2.24) is 24.6 Å². The molecule has 4 aromatic rings. The van der Waals surface area contributed by atoms with Gasteiger partial charge in [-0.25, -0.2) is 9.97 Å². The lowest BCUT2D eigenvalue weighted by Gasteiger charge is -2.36. The molecule has 9 heteroatoms. The van der Waals surface area contributed by atoms with Crippen LogP contribution >= 0.6 is 0 Å². The monoisotopic (exact) mass is 445 g/mol. The number of benzene rings is 1. The quantitative estimate of drug-likeness (QED) is 0.451. The molecule has 0 radical (unpaired) electrons. The third-order valence-corrected chi connectivity index (χ3v) is 6.09. The number of carbonyl (C=O) groups is 1. The molecular formula is C24H27N7O2. The van der Waals surface area contributed by atoms with Gasteiger partial charge in [-0.1, -0.05) is 17.7 Å². The molecule has 0 saturated carbocycles. The van der Waals surface area contributed by atoms with Crippen molar-refractivity contribution in [3.05, 3.63) is 66.5 Å². The Morgan fingerprint density at radius 1 is 1.09 bits per heavy atom. The van der Waals surface area contributed by atoms with E-state index in [9.17, 15) is 4.79 Å². The van der Waals surface area contributed by atoms with Crippen molar-refractivity contribution in [2.45, 2.75) is 13.5 Å². The minimum Gasteiger partial charge on any atom is -0.467 e. The smallest absolute Gasteiger partial charge is 0.242 e. The molecule has 0 spiro atoms. The lowest BCUT2D eigenvalue weighted by Crippen LogP contribution is -2.51. The normalized spacial score (nSPS) is 14.1. The van der Waals surface area contributed by atoms with Crippen LogP contribution in [-0.4, -0.2) is 63.3 Å². The molecule has 1 aliphatic rings. The van der Waals surface area contributed by atoms with Gasteiger partial charge in [0.05, 0.1) is 30.9 Å². The van der Waals surface area contributed by atoms with Crippen LogP contribution in [0.25, 0.3) is 11.0 Å². The lowest BCUT2D eigenvalue weighted by atomic mass is 10.2. The summed E-state index contributed by atoms with van der Waals surface area (Å²) in [5.74, 6) is 1.81. The van der Waals surface area contributed by atoms with Crippen LogP contribution < -0.4 is 9.80 Å². The molecular weight excluding hydrogens is 418 g/mol. The highest BCUT2D eigenvalue weighted by atomic mass is 16.3. The molecule has 3 aromatic heterocycles. The second-order valence-corrected chi connectivity index (χ2v) is 8.34. The number of amides is 1. The minimum absolute atomic E-state index is 0.107. The number of hydrogen-bond acceptors (Lipinski definition) is 7. The minimum atomic E-state index is 0.107. The Morgan fingerprint density at radius 3 is 2.61 bits per heavy atom. The maximum absolute atomic E-state index is 13.2. The molecule has 33 heavy (non-hydrogen) atoms. The maximum atomic E-state index is 13.2. The van der Waals surface area contributed by atoms with Gasteiger partial charge in [-0.2, -0.15) is 5.10 Å². The predicted octanol–water partition coefficient (Wildman–Crippen LogP) is 2.62. The number of fused-ring (bicyclic) bond motifs is 1. The highest BCUT2D eigenvalue weighted by Gasteiger charge is 2.25. The molecule has 1 amide bonds. The summed E-state index contributed by atoms with van der Waals surface area (Å²) >= 11 is 0. The largest absolute Gasteiger partial charge is 0.467 e. The molecule has 4 heterocycles. The number of anilines is 2. The van der Waals surface area contributed by atoms with Gasteiger partial charge in [-0.05, 0) is 31.2 Å². The van der Waals surface area contributed by atoms with Crippen LogP contribution in [0.3, 0.4) is 0 Å². The van der Waals surface area contributed by atoms with Gasteiger partial charge in [0.1, 0.15) is 17.9 Å². The van der Waals surface area contributed by atoms with Crippen LogP contribution in [0.15, 0.2) is 59.6 Å². The van der Waals surface area contributed by atoms with Crippen molar-refractivity contribution >= 4 is 28.4 Å². The van der Waals surface area contributed by atoms with Crippen molar-refractivity contribution in [1.29, 1.82) is 0 Å². The van der Waals surface area contributed by atoms with E-state index in [1.54, 1.807) is 23.5 Å². The SMILES string of the molecule is Cc1ccc(N(CC(=O)N2CCN(c3ncnc4c3cnn4C)CC2)Cc2ccco2)cc1. The second kappa shape index (κ2) is 8.93. The van der Waals surface area contributed by atoms with E-state index in [2.05, 4.69) is 56.1 Å². The van der Waals surface area contributed by atoms with Crippen LogP contribution in [0.5, 0.6) is 0 Å². The fourth-order valence-corrected chi connectivity index (χ4v) is 4.22. The number of rotatable bonds is 6. The van der Waals surface area contributed by atoms with Gasteiger partial charge >= 0.3 is 0 Å². The standard InChI is InChI=1S/C24H27N7O2/c1-18-5-7-19(8-6-18)31(15-20-4-3-13-33-20)16-22(32)29-9-11-30(12-10-29)24-21-14-27-28(2)23(21)25-17-26-24/h3-8,13-14,17H,9-12,15-16H2,1-2H3. The van der Waals surface area contributed by atoms with Crippen molar-refractivity contribution < 1.29 is 9.21 Å². The number of aromatic nitrogens is 4. The summed E-state index contributed by atoms with van der Waals surface area (Å²) in [6, 6.07) is 12.0. The summed E-state index contributed by atoms with van der Waals surface area (Å²) in [6.45, 7) is 5.62. The van der Waals surface area contributed by atoms with E-state index in [-0.39, 0.29) is 5.91 Å². The first-order chi connectivity index (χ1) is 16.1. The first kappa shape index (κ1) is 21.0. The van der Waals surface area contributed by atoms with Gasteiger partial charge in [-0.3, -0.25) is 9.48 Å². The van der Waals surface area contributed by atoms with Gasteiger partial charge < -0.3 is 19.1 Å². The van der Waals surface area contributed by atoms with E-state index in [1.807, 2.05) is 24.1 Å². The van der Waals surface area contributed by atoms with Crippen LogP contribution in [0.1, 0.15) is 11.3 Å². The number of furan rings is 1. The highest BCUT2D eigenvalue weighted by molar-refractivity contribution is 5.87. The Hall–Kier alpha value is -3.88. The fourth-order valence-electron chi connectivity index (χ4n) is 4.22. The first-order valence-corrected chi connectivity index (χ1v) is 11.1. The average molecular weight is 446 g/mol. The van der Waals surface area contributed by atoms with Crippen molar-refractivity contribution in [2.24, 2.45) is 7.05 Å². The van der Waals surface area contributed by atoms with E-state index in [4.69, 9.17) is 4.42 Å². The van der Waals surface area contributed by atoms with Crippen LogP contribution in [-0.2, 0) is 18.4 Å². The molecule has 0 N–H and O–H groups in total. The molecule has 0 unspecified atom stereocenters. The first-order valence-electron chi connectivity index (χ1n) is 11.1. The highest BCUT2D eigenvalue weighted by Crippen LogP contribution is 2.24. The number of piperazine rings is 1. The Kier molecular flexibility index (Phi) is 5.68. The van der Waals surface area contributed by atoms with Crippen molar-refractivity contribution in [3.8, 4) is 0 Å². The van der Waals surface area contributed by atoms with E-state index < -0.39 is 0 Å². The summed E-state index contributed by atoms with van der Waals surface area (Å²) in [4.78, 5) is 28.2. The van der Waals surface area contributed by atoms with Crippen LogP contribution in [0.4, 0.5) is 11.5 Å². The number of carbonyl (C=O) groups excluding carboxylic acids is 1. The van der Waals surface area contributed by atoms with Crippen LogP contribution in [0.2, 0.25) is 0 Å². The van der Waals surface area contributed by atoms with Gasteiger partial charge in [0.25, 0.3) is 0 Å². The van der Waals surface area contributed by atoms with Crippen molar-refractivity contribution in [3.63, 3.8) is 0 Å². The second-order valence-electron chi connectivity index (χ2n) is 8.34. The summed E-state index contributed by atoms with van der Waals surface area (Å²) in [5, 5.41) is 5.24. The molecule has 0 atom stereocenters. The average Bonchev–Trinajstić information content (AvgIpc) is 3.49. The Balaban J connectivity index is 1.26. The summed E-state index contributed by atoms with van der Waals surface area (Å²) in [7, 11) is 1.87. The lowest BCUT2D eigenvalue weighted by molar-refractivity contribution is -0.130. The van der Waals surface area contributed by atoms with Gasteiger partial charge in [-0.15, -0.1) is 0 Å². The Bertz CT molecular complexity index is 1230. The van der Waals surface area contributed by atoms with E-state index in [0.717, 1.165) is 41.4 Å². The van der Waals surface area contributed by atoms with E-state index in [1.165, 1.54) is 5.56 Å². The zero-order chi connectivity index (χ0) is 22.8. The van der Waals surface area contributed by atoms with Gasteiger partial charge in [0.2, 0.25) is 5.91 Å². The molecule has 0 aliphatic carbocycles. The van der Waals surface area contributed by atoms with E-state index >= 15 is 0 Å². The summed E-state index contributed by atoms with van der Waals surface area (Å²) < 4.78 is 7.29. The Labute approximate surface area is 192 Å². The third kappa shape index (κ3) is 4.39. The predicted molar refractivity (Wildman–Crippen MR) is 126 cm³/mol. The number of aryl methyl sites for hydroxylation is 2. The molecule has 170 valence electrons.